The quantitative estimate of drug-likeness (QED) is 0.449. The second-order valence-electron chi connectivity index (χ2n) is 9.36. The van der Waals surface area contributed by atoms with Gasteiger partial charge in [0.15, 0.2) is 0 Å². The topological polar surface area (TPSA) is 96.0 Å². The molecule has 2 amide bonds. The molecule has 1 unspecified atom stereocenters. The van der Waals surface area contributed by atoms with E-state index < -0.39 is 28.5 Å². The standard InChI is InChI=1S/C27H36ClN3O5S/c1-4-24(27(33)29-21-10-6-5-7-11-21)30(18-20-14-16-22(36-2)17-15-20)26(32)19-31(37(3,34)35)25-13-9-8-12-23(25)28/h8-9,12-17,21,24H,4-7,10-11,18-19H2,1-3H3,(H,29,33). The number of ether oxygens (including phenoxy) is 1. The minimum Gasteiger partial charge on any atom is -0.497 e. The lowest BCUT2D eigenvalue weighted by atomic mass is 9.95. The van der Waals surface area contributed by atoms with E-state index in [1.54, 1.807) is 43.5 Å². The molecule has 37 heavy (non-hydrogen) atoms. The Hall–Kier alpha value is -2.78. The second kappa shape index (κ2) is 13.1. The normalized spacial score (nSPS) is 15.0. The zero-order valence-corrected chi connectivity index (χ0v) is 23.2. The summed E-state index contributed by atoms with van der Waals surface area (Å²) in [5.41, 5.74) is 1.01. The summed E-state index contributed by atoms with van der Waals surface area (Å²) in [5, 5.41) is 3.34. The number of amides is 2. The largest absolute Gasteiger partial charge is 0.497 e. The van der Waals surface area contributed by atoms with E-state index in [1.165, 1.54) is 4.90 Å². The Balaban J connectivity index is 1.92. The fraction of sp³-hybridized carbons (Fsp3) is 0.481. The van der Waals surface area contributed by atoms with Gasteiger partial charge in [0.05, 0.1) is 24.1 Å². The van der Waals surface area contributed by atoms with Gasteiger partial charge in [0.1, 0.15) is 18.3 Å². The summed E-state index contributed by atoms with van der Waals surface area (Å²) in [6.45, 7) is 1.51. The molecule has 3 rings (SSSR count). The zero-order chi connectivity index (χ0) is 27.0. The number of hydrogen-bond donors (Lipinski definition) is 1. The fourth-order valence-corrected chi connectivity index (χ4v) is 5.79. The smallest absolute Gasteiger partial charge is 0.244 e. The van der Waals surface area contributed by atoms with Gasteiger partial charge in [-0.3, -0.25) is 13.9 Å². The summed E-state index contributed by atoms with van der Waals surface area (Å²) >= 11 is 6.29. The molecule has 1 fully saturated rings. The van der Waals surface area contributed by atoms with E-state index in [2.05, 4.69) is 5.32 Å². The summed E-state index contributed by atoms with van der Waals surface area (Å²) in [5.74, 6) is -0.0441. The first kappa shape index (κ1) is 28.8. The number of sulfonamides is 1. The number of carbonyl (C=O) groups excluding carboxylic acids is 2. The lowest BCUT2D eigenvalue weighted by Gasteiger charge is -2.34. The molecule has 0 bridgehead atoms. The Kier molecular flexibility index (Phi) is 10.2. The number of nitrogens with zero attached hydrogens (tertiary/aromatic N) is 2. The van der Waals surface area contributed by atoms with E-state index in [4.69, 9.17) is 16.3 Å². The number of anilines is 1. The van der Waals surface area contributed by atoms with Crippen LogP contribution < -0.4 is 14.4 Å². The van der Waals surface area contributed by atoms with Crippen LogP contribution in [0.15, 0.2) is 48.5 Å². The van der Waals surface area contributed by atoms with E-state index in [-0.39, 0.29) is 29.2 Å². The third-order valence-electron chi connectivity index (χ3n) is 6.65. The predicted molar refractivity (Wildman–Crippen MR) is 146 cm³/mol. The fourth-order valence-electron chi connectivity index (χ4n) is 4.64. The van der Waals surface area contributed by atoms with Crippen molar-refractivity contribution < 1.29 is 22.7 Å². The van der Waals surface area contributed by atoms with Crippen LogP contribution in [0.3, 0.4) is 0 Å². The molecule has 202 valence electrons. The predicted octanol–water partition coefficient (Wildman–Crippen LogP) is 4.37. The highest BCUT2D eigenvalue weighted by atomic mass is 35.5. The molecule has 0 radical (unpaired) electrons. The van der Waals surface area contributed by atoms with E-state index in [9.17, 15) is 18.0 Å². The van der Waals surface area contributed by atoms with Crippen LogP contribution in [0, 0.1) is 0 Å². The Morgan fingerprint density at radius 2 is 1.73 bits per heavy atom. The van der Waals surface area contributed by atoms with Crippen molar-refractivity contribution in [3.63, 3.8) is 0 Å². The highest BCUT2D eigenvalue weighted by molar-refractivity contribution is 7.92. The molecule has 1 saturated carbocycles. The van der Waals surface area contributed by atoms with Gasteiger partial charge >= 0.3 is 0 Å². The molecule has 1 N–H and O–H groups in total. The Bertz CT molecular complexity index is 1170. The minimum absolute atomic E-state index is 0.0869. The Morgan fingerprint density at radius 3 is 2.30 bits per heavy atom. The van der Waals surface area contributed by atoms with Crippen LogP contribution in [0.1, 0.15) is 51.0 Å². The molecular weight excluding hydrogens is 514 g/mol. The van der Waals surface area contributed by atoms with Gasteiger partial charge in [-0.05, 0) is 49.1 Å². The van der Waals surface area contributed by atoms with Crippen molar-refractivity contribution in [2.24, 2.45) is 0 Å². The first-order valence-electron chi connectivity index (χ1n) is 12.6. The summed E-state index contributed by atoms with van der Waals surface area (Å²) in [6, 6.07) is 13.0. The number of benzene rings is 2. The summed E-state index contributed by atoms with van der Waals surface area (Å²) in [6.07, 6.45) is 6.55. The summed E-state index contributed by atoms with van der Waals surface area (Å²) < 4.78 is 31.6. The van der Waals surface area contributed by atoms with Crippen LogP contribution in [0.5, 0.6) is 5.75 Å². The highest BCUT2D eigenvalue weighted by Gasteiger charge is 2.33. The van der Waals surface area contributed by atoms with Crippen molar-refractivity contribution in [1.29, 1.82) is 0 Å². The van der Waals surface area contributed by atoms with Gasteiger partial charge in [0, 0.05) is 12.6 Å². The van der Waals surface area contributed by atoms with E-state index >= 15 is 0 Å². The minimum atomic E-state index is -3.84. The molecule has 1 atom stereocenters. The highest BCUT2D eigenvalue weighted by Crippen LogP contribution is 2.28. The monoisotopic (exact) mass is 549 g/mol. The van der Waals surface area contributed by atoms with Crippen molar-refractivity contribution in [2.75, 3.05) is 24.2 Å². The molecule has 0 aromatic heterocycles. The molecule has 10 heteroatoms. The molecule has 8 nitrogen and oxygen atoms in total. The van der Waals surface area contributed by atoms with Gasteiger partial charge in [-0.25, -0.2) is 8.42 Å². The molecule has 0 spiro atoms. The Labute approximate surface area is 225 Å². The van der Waals surface area contributed by atoms with Crippen LogP contribution in [0.4, 0.5) is 5.69 Å². The number of hydrogen-bond acceptors (Lipinski definition) is 5. The second-order valence-corrected chi connectivity index (χ2v) is 11.7. The molecule has 2 aromatic carbocycles. The van der Waals surface area contributed by atoms with E-state index in [0.29, 0.717) is 12.2 Å². The third kappa shape index (κ3) is 7.85. The Morgan fingerprint density at radius 1 is 1.08 bits per heavy atom. The third-order valence-corrected chi connectivity index (χ3v) is 8.10. The maximum atomic E-state index is 13.8. The van der Waals surface area contributed by atoms with Crippen LogP contribution >= 0.6 is 11.6 Å². The molecule has 0 aliphatic heterocycles. The molecule has 0 saturated heterocycles. The number of nitrogens with one attached hydrogen (secondary N) is 1. The van der Waals surface area contributed by atoms with Crippen molar-refractivity contribution in [1.82, 2.24) is 10.2 Å². The number of rotatable bonds is 11. The lowest BCUT2D eigenvalue weighted by Crippen LogP contribution is -2.54. The van der Waals surface area contributed by atoms with Gasteiger partial charge in [-0.1, -0.05) is 62.1 Å². The first-order chi connectivity index (χ1) is 17.6. The van der Waals surface area contributed by atoms with Crippen LogP contribution in [0.2, 0.25) is 5.02 Å². The van der Waals surface area contributed by atoms with E-state index in [0.717, 1.165) is 48.2 Å². The molecule has 1 aliphatic rings. The molecule has 1 aliphatic carbocycles. The average Bonchev–Trinajstić information content (AvgIpc) is 2.88. The summed E-state index contributed by atoms with van der Waals surface area (Å²) in [4.78, 5) is 28.7. The SMILES string of the molecule is CCC(C(=O)NC1CCCCC1)N(Cc1ccc(OC)cc1)C(=O)CN(c1ccccc1Cl)S(C)(=O)=O. The maximum absolute atomic E-state index is 13.8. The van der Waals surface area contributed by atoms with Crippen molar-refractivity contribution in [3.8, 4) is 5.75 Å². The van der Waals surface area contributed by atoms with Gasteiger partial charge < -0.3 is 15.0 Å². The summed E-state index contributed by atoms with van der Waals surface area (Å²) in [7, 11) is -2.27. The average molecular weight is 550 g/mol. The molecule has 2 aromatic rings. The molecular formula is C27H36ClN3O5S. The van der Waals surface area contributed by atoms with Crippen molar-refractivity contribution in [2.45, 2.75) is 64.1 Å². The first-order valence-corrected chi connectivity index (χ1v) is 14.8. The molecule has 0 heterocycles. The van der Waals surface area contributed by atoms with Crippen molar-refractivity contribution in [3.05, 3.63) is 59.1 Å². The van der Waals surface area contributed by atoms with Gasteiger partial charge in [-0.2, -0.15) is 0 Å². The van der Waals surface area contributed by atoms with Gasteiger partial charge in [0.25, 0.3) is 0 Å². The van der Waals surface area contributed by atoms with Crippen LogP contribution in [-0.4, -0.2) is 57.1 Å². The zero-order valence-electron chi connectivity index (χ0n) is 21.7. The maximum Gasteiger partial charge on any atom is 0.244 e. The van der Waals surface area contributed by atoms with Gasteiger partial charge in [0.2, 0.25) is 21.8 Å². The van der Waals surface area contributed by atoms with Crippen LogP contribution in [-0.2, 0) is 26.2 Å². The number of halogens is 1. The number of para-hydroxylation sites is 1. The number of carbonyl (C=O) groups is 2. The number of methoxy groups -OCH3 is 1. The van der Waals surface area contributed by atoms with Gasteiger partial charge in [-0.15, -0.1) is 0 Å². The van der Waals surface area contributed by atoms with E-state index in [1.807, 2.05) is 19.1 Å². The lowest BCUT2D eigenvalue weighted by molar-refractivity contribution is -0.140. The van der Waals surface area contributed by atoms with Crippen molar-refractivity contribution >= 4 is 39.1 Å². The van der Waals surface area contributed by atoms with Crippen LogP contribution in [0.25, 0.3) is 0 Å².